The predicted octanol–water partition coefficient (Wildman–Crippen LogP) is 2.02. The first-order valence-electron chi connectivity index (χ1n) is 6.50. The standard InChI is InChI=1S/C13H23N3S/c1-10-12(5-4-7-14-2)17-13(15-10)11-6-8-16(3)9-11/h11,14H,4-9H2,1-3H3. The van der Waals surface area contributed by atoms with Crippen molar-refractivity contribution in [2.45, 2.75) is 32.1 Å². The van der Waals surface area contributed by atoms with Crippen molar-refractivity contribution in [2.75, 3.05) is 33.7 Å². The first kappa shape index (κ1) is 13.0. The molecule has 0 radical (unpaired) electrons. The molecule has 1 N–H and O–H groups in total. The molecule has 0 aliphatic carbocycles. The Kier molecular flexibility index (Phi) is 4.54. The van der Waals surface area contributed by atoms with Gasteiger partial charge in [0.15, 0.2) is 0 Å². The molecular formula is C13H23N3S. The van der Waals surface area contributed by atoms with Crippen molar-refractivity contribution in [3.05, 3.63) is 15.6 Å². The number of aryl methyl sites for hydroxylation is 2. The van der Waals surface area contributed by atoms with Gasteiger partial charge >= 0.3 is 0 Å². The average Bonchev–Trinajstić information content (AvgIpc) is 2.86. The van der Waals surface area contributed by atoms with Crippen LogP contribution in [-0.2, 0) is 6.42 Å². The Hall–Kier alpha value is -0.450. The monoisotopic (exact) mass is 253 g/mol. The van der Waals surface area contributed by atoms with Gasteiger partial charge in [0.1, 0.15) is 0 Å². The van der Waals surface area contributed by atoms with Gasteiger partial charge in [-0.3, -0.25) is 0 Å². The minimum atomic E-state index is 0.682. The number of likely N-dealkylation sites (tertiary alicyclic amines) is 1. The van der Waals surface area contributed by atoms with E-state index in [0.29, 0.717) is 5.92 Å². The summed E-state index contributed by atoms with van der Waals surface area (Å²) in [6, 6.07) is 0. The number of rotatable bonds is 5. The number of hydrogen-bond acceptors (Lipinski definition) is 4. The van der Waals surface area contributed by atoms with E-state index in [4.69, 9.17) is 4.98 Å². The molecule has 2 rings (SSSR count). The summed E-state index contributed by atoms with van der Waals surface area (Å²) in [7, 11) is 4.22. The Morgan fingerprint density at radius 1 is 1.53 bits per heavy atom. The summed E-state index contributed by atoms with van der Waals surface area (Å²) in [4.78, 5) is 8.67. The van der Waals surface area contributed by atoms with Crippen LogP contribution in [0, 0.1) is 6.92 Å². The summed E-state index contributed by atoms with van der Waals surface area (Å²) < 4.78 is 0. The molecule has 1 atom stereocenters. The van der Waals surface area contributed by atoms with Crippen LogP contribution in [0.2, 0.25) is 0 Å². The first-order valence-corrected chi connectivity index (χ1v) is 7.31. The van der Waals surface area contributed by atoms with Crippen LogP contribution in [0.3, 0.4) is 0 Å². The molecule has 0 amide bonds. The van der Waals surface area contributed by atoms with Crippen LogP contribution in [0.4, 0.5) is 0 Å². The van der Waals surface area contributed by atoms with Crippen molar-refractivity contribution in [1.29, 1.82) is 0 Å². The highest BCUT2D eigenvalue weighted by Crippen LogP contribution is 2.31. The second-order valence-corrected chi connectivity index (χ2v) is 6.13. The zero-order chi connectivity index (χ0) is 12.3. The summed E-state index contributed by atoms with van der Waals surface area (Å²) in [6.45, 7) is 5.66. The maximum atomic E-state index is 4.78. The molecular weight excluding hydrogens is 230 g/mol. The number of thiazole rings is 1. The molecule has 1 aromatic rings. The van der Waals surface area contributed by atoms with Gasteiger partial charge in [0.2, 0.25) is 0 Å². The molecule has 1 saturated heterocycles. The molecule has 2 heterocycles. The molecule has 0 spiro atoms. The lowest BCUT2D eigenvalue weighted by atomic mass is 10.1. The van der Waals surface area contributed by atoms with Crippen molar-refractivity contribution in [3.63, 3.8) is 0 Å². The smallest absolute Gasteiger partial charge is 0.0975 e. The largest absolute Gasteiger partial charge is 0.320 e. The van der Waals surface area contributed by atoms with Crippen LogP contribution >= 0.6 is 11.3 Å². The third-order valence-corrected chi connectivity index (χ3v) is 4.86. The van der Waals surface area contributed by atoms with E-state index in [0.717, 1.165) is 6.54 Å². The number of aromatic nitrogens is 1. The van der Waals surface area contributed by atoms with Gasteiger partial charge < -0.3 is 10.2 Å². The van der Waals surface area contributed by atoms with Gasteiger partial charge in [-0.1, -0.05) is 0 Å². The zero-order valence-corrected chi connectivity index (χ0v) is 11.9. The van der Waals surface area contributed by atoms with Crippen molar-refractivity contribution in [2.24, 2.45) is 0 Å². The second-order valence-electron chi connectivity index (χ2n) is 5.02. The molecule has 0 bridgehead atoms. The minimum Gasteiger partial charge on any atom is -0.320 e. The molecule has 4 heteroatoms. The topological polar surface area (TPSA) is 28.2 Å². The molecule has 1 unspecified atom stereocenters. The fraction of sp³-hybridized carbons (Fsp3) is 0.769. The third-order valence-electron chi connectivity index (χ3n) is 3.48. The fourth-order valence-electron chi connectivity index (χ4n) is 2.42. The molecule has 17 heavy (non-hydrogen) atoms. The highest BCUT2D eigenvalue weighted by molar-refractivity contribution is 7.11. The van der Waals surface area contributed by atoms with Crippen LogP contribution in [-0.4, -0.2) is 43.6 Å². The Bertz CT molecular complexity index is 362. The Balaban J connectivity index is 1.97. The molecule has 96 valence electrons. The lowest BCUT2D eigenvalue weighted by molar-refractivity contribution is 0.411. The Morgan fingerprint density at radius 2 is 2.35 bits per heavy atom. The SMILES string of the molecule is CNCCCc1sc(C2CCN(C)C2)nc1C. The van der Waals surface area contributed by atoms with Crippen LogP contribution in [0.25, 0.3) is 0 Å². The summed E-state index contributed by atoms with van der Waals surface area (Å²) >= 11 is 1.94. The minimum absolute atomic E-state index is 0.682. The van der Waals surface area contributed by atoms with Gasteiger partial charge in [-0.15, -0.1) is 11.3 Å². The van der Waals surface area contributed by atoms with Gasteiger partial charge in [0, 0.05) is 17.3 Å². The van der Waals surface area contributed by atoms with Crippen molar-refractivity contribution in [3.8, 4) is 0 Å². The average molecular weight is 253 g/mol. The number of nitrogens with one attached hydrogen (secondary N) is 1. The highest BCUT2D eigenvalue weighted by Gasteiger charge is 2.24. The maximum Gasteiger partial charge on any atom is 0.0975 e. The van der Waals surface area contributed by atoms with E-state index < -0.39 is 0 Å². The lowest BCUT2D eigenvalue weighted by Gasteiger charge is -2.06. The van der Waals surface area contributed by atoms with Crippen LogP contribution in [0.1, 0.15) is 34.3 Å². The molecule has 1 aliphatic heterocycles. The predicted molar refractivity (Wildman–Crippen MR) is 74.0 cm³/mol. The maximum absolute atomic E-state index is 4.78. The second kappa shape index (κ2) is 5.94. The van der Waals surface area contributed by atoms with E-state index in [2.05, 4.69) is 24.2 Å². The summed E-state index contributed by atoms with van der Waals surface area (Å²) in [5.41, 5.74) is 1.26. The Labute approximate surface area is 108 Å². The summed E-state index contributed by atoms with van der Waals surface area (Å²) in [5.74, 6) is 0.682. The van der Waals surface area contributed by atoms with Crippen LogP contribution in [0.5, 0.6) is 0 Å². The molecule has 1 aromatic heterocycles. The molecule has 1 aliphatic rings. The summed E-state index contributed by atoms with van der Waals surface area (Å²) in [6.07, 6.45) is 3.66. The van der Waals surface area contributed by atoms with Gasteiger partial charge in [-0.2, -0.15) is 0 Å². The molecule has 0 aromatic carbocycles. The summed E-state index contributed by atoms with van der Waals surface area (Å²) in [5, 5.41) is 4.57. The van der Waals surface area contributed by atoms with Gasteiger partial charge in [0.25, 0.3) is 0 Å². The van der Waals surface area contributed by atoms with Crippen molar-refractivity contribution < 1.29 is 0 Å². The van der Waals surface area contributed by atoms with Crippen molar-refractivity contribution in [1.82, 2.24) is 15.2 Å². The lowest BCUT2D eigenvalue weighted by Crippen LogP contribution is -2.13. The quantitative estimate of drug-likeness (QED) is 0.814. The number of nitrogens with zero attached hydrogens (tertiary/aromatic N) is 2. The number of hydrogen-bond donors (Lipinski definition) is 1. The molecule has 3 nitrogen and oxygen atoms in total. The van der Waals surface area contributed by atoms with Gasteiger partial charge in [-0.05, 0) is 53.4 Å². The normalized spacial score (nSPS) is 21.2. The Morgan fingerprint density at radius 3 is 3.00 bits per heavy atom. The van der Waals surface area contributed by atoms with Gasteiger partial charge in [-0.25, -0.2) is 4.98 Å². The molecule has 0 saturated carbocycles. The van der Waals surface area contributed by atoms with E-state index in [1.807, 2.05) is 18.4 Å². The van der Waals surface area contributed by atoms with E-state index in [9.17, 15) is 0 Å². The van der Waals surface area contributed by atoms with E-state index in [-0.39, 0.29) is 0 Å². The van der Waals surface area contributed by atoms with E-state index >= 15 is 0 Å². The zero-order valence-electron chi connectivity index (χ0n) is 11.1. The van der Waals surface area contributed by atoms with Crippen LogP contribution < -0.4 is 5.32 Å². The number of likely N-dealkylation sites (N-methyl/N-ethyl adjacent to an activating group) is 1. The molecule has 1 fully saturated rings. The highest BCUT2D eigenvalue weighted by atomic mass is 32.1. The van der Waals surface area contributed by atoms with E-state index in [1.165, 1.54) is 47.9 Å². The van der Waals surface area contributed by atoms with Crippen LogP contribution in [0.15, 0.2) is 0 Å². The van der Waals surface area contributed by atoms with Crippen molar-refractivity contribution >= 4 is 11.3 Å². The third kappa shape index (κ3) is 3.27. The van der Waals surface area contributed by atoms with E-state index in [1.54, 1.807) is 0 Å². The van der Waals surface area contributed by atoms with Gasteiger partial charge in [0.05, 0.1) is 10.7 Å². The first-order chi connectivity index (χ1) is 8.20. The fourth-order valence-corrected chi connectivity index (χ4v) is 3.65.